The molecule has 0 heterocycles. The lowest BCUT2D eigenvalue weighted by Gasteiger charge is -2.06. The third-order valence-electron chi connectivity index (χ3n) is 2.84. The van der Waals surface area contributed by atoms with Crippen molar-refractivity contribution in [3.63, 3.8) is 0 Å². The third kappa shape index (κ3) is 4.64. The van der Waals surface area contributed by atoms with E-state index in [1.807, 2.05) is 66.4 Å². The molecule has 20 heavy (non-hydrogen) atoms. The number of nitriles is 1. The van der Waals surface area contributed by atoms with Crippen molar-refractivity contribution in [2.45, 2.75) is 12.2 Å². The Kier molecular flexibility index (Phi) is 6.01. The molecule has 0 bridgehead atoms. The number of ether oxygens (including phenoxy) is 1. The minimum absolute atomic E-state index is 0.733. The molecule has 0 N–H and O–H groups in total. The van der Waals surface area contributed by atoms with Crippen molar-refractivity contribution < 1.29 is 4.74 Å². The van der Waals surface area contributed by atoms with Gasteiger partial charge in [-0.05, 0) is 35.9 Å². The average Bonchev–Trinajstić information content (AvgIpc) is 2.52. The maximum absolute atomic E-state index is 9.01. The fraction of sp³-hybridized carbons (Fsp3) is 0.235. The molecule has 0 fully saturated rings. The molecule has 0 saturated carbocycles. The number of hydrogen-bond acceptors (Lipinski definition) is 3. The molecule has 2 aromatic carbocycles. The van der Waals surface area contributed by atoms with E-state index in [2.05, 4.69) is 6.07 Å². The van der Waals surface area contributed by atoms with Crippen LogP contribution in [0.2, 0.25) is 0 Å². The maximum Gasteiger partial charge on any atom is 0.119 e. The Morgan fingerprint density at radius 3 is 2.55 bits per heavy atom. The quantitative estimate of drug-likeness (QED) is 0.712. The first-order chi connectivity index (χ1) is 9.90. The van der Waals surface area contributed by atoms with Crippen molar-refractivity contribution in [2.75, 3.05) is 12.4 Å². The number of benzene rings is 2. The number of para-hydroxylation sites is 1. The van der Waals surface area contributed by atoms with Gasteiger partial charge in [-0.25, -0.2) is 0 Å². The largest absolute Gasteiger partial charge is 0.494 e. The summed E-state index contributed by atoms with van der Waals surface area (Å²) in [6.45, 7) is 0.733. The van der Waals surface area contributed by atoms with Gasteiger partial charge >= 0.3 is 0 Å². The highest BCUT2D eigenvalue weighted by Crippen LogP contribution is 2.17. The van der Waals surface area contributed by atoms with Gasteiger partial charge < -0.3 is 4.74 Å². The van der Waals surface area contributed by atoms with Crippen LogP contribution < -0.4 is 4.74 Å². The zero-order chi connectivity index (χ0) is 14.0. The summed E-state index contributed by atoms with van der Waals surface area (Å²) in [6.07, 6.45) is 1.01. The van der Waals surface area contributed by atoms with Gasteiger partial charge in [-0.2, -0.15) is 17.0 Å². The lowest BCUT2D eigenvalue weighted by Crippen LogP contribution is -1.98. The van der Waals surface area contributed by atoms with Crippen molar-refractivity contribution in [3.8, 4) is 11.8 Å². The van der Waals surface area contributed by atoms with E-state index >= 15 is 0 Å². The fourth-order valence-corrected chi connectivity index (χ4v) is 2.74. The van der Waals surface area contributed by atoms with Crippen LogP contribution in [0.1, 0.15) is 17.5 Å². The molecule has 0 unspecified atom stereocenters. The number of rotatable bonds is 7. The van der Waals surface area contributed by atoms with Crippen LogP contribution in [0.25, 0.3) is 0 Å². The maximum atomic E-state index is 9.01. The molecular weight excluding hydrogens is 266 g/mol. The van der Waals surface area contributed by atoms with Gasteiger partial charge in [-0.15, -0.1) is 0 Å². The highest BCUT2D eigenvalue weighted by atomic mass is 32.2. The Labute approximate surface area is 124 Å². The summed E-state index contributed by atoms with van der Waals surface area (Å²) in [5.74, 6) is 2.84. The highest BCUT2D eigenvalue weighted by Gasteiger charge is 2.00. The van der Waals surface area contributed by atoms with Gasteiger partial charge in [0.1, 0.15) is 5.75 Å². The normalized spacial score (nSPS) is 9.95. The van der Waals surface area contributed by atoms with E-state index in [4.69, 9.17) is 10.00 Å². The molecule has 2 rings (SSSR count). The second-order valence-corrected chi connectivity index (χ2v) is 5.44. The van der Waals surface area contributed by atoms with Crippen LogP contribution in [-0.4, -0.2) is 12.4 Å². The van der Waals surface area contributed by atoms with E-state index in [0.717, 1.165) is 41.4 Å². The van der Waals surface area contributed by atoms with Gasteiger partial charge in [0.25, 0.3) is 0 Å². The zero-order valence-corrected chi connectivity index (χ0v) is 12.1. The molecule has 0 spiro atoms. The van der Waals surface area contributed by atoms with Crippen molar-refractivity contribution in [1.29, 1.82) is 5.26 Å². The summed E-state index contributed by atoms with van der Waals surface area (Å²) in [7, 11) is 0. The Bertz CT molecular complexity index is 563. The van der Waals surface area contributed by atoms with Crippen molar-refractivity contribution >= 4 is 11.8 Å². The second-order valence-electron chi connectivity index (χ2n) is 4.34. The van der Waals surface area contributed by atoms with Crippen LogP contribution in [-0.2, 0) is 5.75 Å². The van der Waals surface area contributed by atoms with Gasteiger partial charge in [0, 0.05) is 5.75 Å². The summed E-state index contributed by atoms with van der Waals surface area (Å²) in [5.41, 5.74) is 1.89. The van der Waals surface area contributed by atoms with Gasteiger partial charge in [-0.3, -0.25) is 0 Å². The Morgan fingerprint density at radius 1 is 1.00 bits per heavy atom. The Hall–Kier alpha value is -1.92. The first-order valence-electron chi connectivity index (χ1n) is 6.64. The van der Waals surface area contributed by atoms with Crippen LogP contribution in [0.5, 0.6) is 5.75 Å². The smallest absolute Gasteiger partial charge is 0.119 e. The van der Waals surface area contributed by atoms with Crippen molar-refractivity contribution in [3.05, 3.63) is 65.7 Å². The fourth-order valence-electron chi connectivity index (χ4n) is 1.81. The summed E-state index contributed by atoms with van der Waals surface area (Å²) >= 11 is 1.84. The molecule has 0 aliphatic heterocycles. The monoisotopic (exact) mass is 283 g/mol. The first-order valence-corrected chi connectivity index (χ1v) is 7.79. The van der Waals surface area contributed by atoms with Crippen LogP contribution in [0, 0.1) is 11.3 Å². The molecule has 2 nitrogen and oxygen atoms in total. The van der Waals surface area contributed by atoms with Crippen molar-refractivity contribution in [2.24, 2.45) is 0 Å². The average molecular weight is 283 g/mol. The highest BCUT2D eigenvalue weighted by molar-refractivity contribution is 7.98. The topological polar surface area (TPSA) is 33.0 Å². The molecule has 0 amide bonds. The van der Waals surface area contributed by atoms with E-state index in [-0.39, 0.29) is 0 Å². The van der Waals surface area contributed by atoms with Crippen LogP contribution in [0.15, 0.2) is 54.6 Å². The molecule has 0 saturated heterocycles. The van der Waals surface area contributed by atoms with Gasteiger partial charge in [0.2, 0.25) is 0 Å². The second kappa shape index (κ2) is 8.29. The summed E-state index contributed by atoms with van der Waals surface area (Å²) in [6, 6.07) is 19.9. The van der Waals surface area contributed by atoms with E-state index in [0.29, 0.717) is 0 Å². The molecule has 102 valence electrons. The summed E-state index contributed by atoms with van der Waals surface area (Å²) in [4.78, 5) is 0. The molecule has 0 aromatic heterocycles. The number of thioether (sulfide) groups is 1. The van der Waals surface area contributed by atoms with Gasteiger partial charge in [-0.1, -0.05) is 36.4 Å². The number of nitrogens with zero attached hydrogens (tertiary/aromatic N) is 1. The van der Waals surface area contributed by atoms with E-state index in [1.165, 1.54) is 0 Å². The first kappa shape index (κ1) is 14.5. The predicted octanol–water partition coefficient (Wildman–Crippen LogP) is 4.26. The molecular formula is C17H17NOS. The lowest BCUT2D eigenvalue weighted by atomic mass is 10.1. The van der Waals surface area contributed by atoms with E-state index < -0.39 is 0 Å². The van der Waals surface area contributed by atoms with Gasteiger partial charge in [0.05, 0.1) is 18.2 Å². The SMILES string of the molecule is N#Cc1ccccc1CSCCCOc1ccccc1. The zero-order valence-electron chi connectivity index (χ0n) is 11.3. The van der Waals surface area contributed by atoms with E-state index in [9.17, 15) is 0 Å². The van der Waals surface area contributed by atoms with Crippen molar-refractivity contribution in [1.82, 2.24) is 0 Å². The molecule has 0 aliphatic rings. The third-order valence-corrected chi connectivity index (χ3v) is 3.93. The van der Waals surface area contributed by atoms with Crippen LogP contribution in [0.3, 0.4) is 0 Å². The van der Waals surface area contributed by atoms with E-state index in [1.54, 1.807) is 0 Å². The van der Waals surface area contributed by atoms with Gasteiger partial charge in [0.15, 0.2) is 0 Å². The Balaban J connectivity index is 1.64. The predicted molar refractivity (Wildman–Crippen MR) is 83.9 cm³/mol. The molecule has 0 atom stereocenters. The molecule has 0 radical (unpaired) electrons. The van der Waals surface area contributed by atoms with Crippen LogP contribution >= 0.6 is 11.8 Å². The minimum Gasteiger partial charge on any atom is -0.494 e. The minimum atomic E-state index is 0.733. The van der Waals surface area contributed by atoms with Crippen LogP contribution in [0.4, 0.5) is 0 Å². The lowest BCUT2D eigenvalue weighted by molar-refractivity contribution is 0.318. The summed E-state index contributed by atoms with van der Waals surface area (Å²) < 4.78 is 5.64. The molecule has 0 aliphatic carbocycles. The molecule has 2 aromatic rings. The standard InChI is InChI=1S/C17H17NOS/c18-13-15-7-4-5-8-16(15)14-20-12-6-11-19-17-9-2-1-3-10-17/h1-5,7-10H,6,11-12,14H2. The molecule has 3 heteroatoms. The Morgan fingerprint density at radius 2 is 1.75 bits per heavy atom. The number of hydrogen-bond donors (Lipinski definition) is 0. The summed E-state index contributed by atoms with van der Waals surface area (Å²) in [5, 5.41) is 9.01.